The molecular weight excluding hydrogens is 396 g/mol. The molecule has 3 rings (SSSR count). The van der Waals surface area contributed by atoms with Crippen molar-refractivity contribution in [1.82, 2.24) is 0 Å². The van der Waals surface area contributed by atoms with Crippen LogP contribution in [0, 0.1) is 27.7 Å². The minimum absolute atomic E-state index is 0.141. The fraction of sp³-hybridized carbons (Fsp3) is 0.208. The lowest BCUT2D eigenvalue weighted by Crippen LogP contribution is -2.38. The molecule has 5 nitrogen and oxygen atoms in total. The summed E-state index contributed by atoms with van der Waals surface area (Å²) >= 11 is 0. The van der Waals surface area contributed by atoms with Crippen LogP contribution in [-0.4, -0.2) is 20.9 Å². The largest absolute Gasteiger partial charge is 0.325 e. The number of rotatable bonds is 6. The van der Waals surface area contributed by atoms with E-state index < -0.39 is 15.9 Å². The number of hydrogen-bond acceptors (Lipinski definition) is 3. The second-order valence-corrected chi connectivity index (χ2v) is 9.30. The van der Waals surface area contributed by atoms with Crippen molar-refractivity contribution in [2.75, 3.05) is 16.2 Å². The Hall–Kier alpha value is -3.12. The molecule has 1 N–H and O–H groups in total. The van der Waals surface area contributed by atoms with E-state index in [1.54, 1.807) is 30.3 Å². The molecule has 0 aliphatic rings. The highest BCUT2D eigenvalue weighted by molar-refractivity contribution is 7.92. The van der Waals surface area contributed by atoms with E-state index in [1.807, 2.05) is 52.0 Å². The van der Waals surface area contributed by atoms with Crippen molar-refractivity contribution in [1.29, 1.82) is 0 Å². The molecule has 30 heavy (non-hydrogen) atoms. The molecule has 0 saturated heterocycles. The van der Waals surface area contributed by atoms with Gasteiger partial charge in [0.1, 0.15) is 6.54 Å². The molecule has 6 heteroatoms. The van der Waals surface area contributed by atoms with Gasteiger partial charge in [-0.2, -0.15) is 0 Å². The monoisotopic (exact) mass is 422 g/mol. The third-order valence-electron chi connectivity index (χ3n) is 5.19. The molecule has 0 spiro atoms. The Labute approximate surface area is 178 Å². The highest BCUT2D eigenvalue weighted by Gasteiger charge is 2.27. The molecular formula is C24H26N2O3S. The van der Waals surface area contributed by atoms with Crippen molar-refractivity contribution < 1.29 is 13.2 Å². The molecule has 0 fully saturated rings. The summed E-state index contributed by atoms with van der Waals surface area (Å²) in [6, 6.07) is 19.1. The van der Waals surface area contributed by atoms with Crippen molar-refractivity contribution in [3.8, 4) is 0 Å². The molecule has 1 amide bonds. The number of carbonyl (C=O) groups is 1. The van der Waals surface area contributed by atoms with Crippen LogP contribution in [0.5, 0.6) is 0 Å². The summed E-state index contributed by atoms with van der Waals surface area (Å²) in [6.45, 7) is 7.51. The van der Waals surface area contributed by atoms with Gasteiger partial charge in [0, 0.05) is 5.69 Å². The van der Waals surface area contributed by atoms with Crippen molar-refractivity contribution in [3.05, 3.63) is 89.0 Å². The fourth-order valence-electron chi connectivity index (χ4n) is 3.07. The third kappa shape index (κ3) is 4.71. The summed E-state index contributed by atoms with van der Waals surface area (Å²) in [5.74, 6) is -0.406. The van der Waals surface area contributed by atoms with Gasteiger partial charge in [-0.3, -0.25) is 9.10 Å². The van der Waals surface area contributed by atoms with E-state index in [0.29, 0.717) is 11.4 Å². The van der Waals surface area contributed by atoms with Crippen LogP contribution in [0.1, 0.15) is 22.3 Å². The Balaban J connectivity index is 1.95. The second-order valence-electron chi connectivity index (χ2n) is 7.44. The van der Waals surface area contributed by atoms with Gasteiger partial charge in [0.2, 0.25) is 5.91 Å². The smallest absolute Gasteiger partial charge is 0.264 e. The van der Waals surface area contributed by atoms with Gasteiger partial charge in [-0.05, 0) is 86.3 Å². The minimum atomic E-state index is -3.91. The molecule has 0 radical (unpaired) electrons. The molecule has 3 aromatic rings. The number of carbonyl (C=O) groups excluding carboxylic acids is 1. The zero-order chi connectivity index (χ0) is 21.9. The first-order valence-corrected chi connectivity index (χ1v) is 11.1. The normalized spacial score (nSPS) is 11.2. The van der Waals surface area contributed by atoms with Crippen LogP contribution in [0.15, 0.2) is 71.6 Å². The highest BCUT2D eigenvalue weighted by Crippen LogP contribution is 2.26. The lowest BCUT2D eigenvalue weighted by atomic mass is 10.1. The maximum Gasteiger partial charge on any atom is 0.264 e. The average molecular weight is 423 g/mol. The molecule has 0 aromatic heterocycles. The SMILES string of the molecule is Cc1ccc(NC(=O)CN(c2ccc(C)c(C)c2)S(=O)(=O)c2ccccc2)cc1C. The van der Waals surface area contributed by atoms with Crippen LogP contribution in [0.3, 0.4) is 0 Å². The topological polar surface area (TPSA) is 66.5 Å². The minimum Gasteiger partial charge on any atom is -0.325 e. The number of amides is 1. The zero-order valence-corrected chi connectivity index (χ0v) is 18.5. The quantitative estimate of drug-likeness (QED) is 0.623. The van der Waals surface area contributed by atoms with Crippen LogP contribution >= 0.6 is 0 Å². The second kappa shape index (κ2) is 8.71. The molecule has 156 valence electrons. The Kier molecular flexibility index (Phi) is 6.27. The van der Waals surface area contributed by atoms with Crippen molar-refractivity contribution >= 4 is 27.3 Å². The summed E-state index contributed by atoms with van der Waals surface area (Å²) in [5, 5.41) is 2.81. The van der Waals surface area contributed by atoms with Crippen LogP contribution in [0.2, 0.25) is 0 Å². The lowest BCUT2D eigenvalue weighted by molar-refractivity contribution is -0.114. The van der Waals surface area contributed by atoms with E-state index in [2.05, 4.69) is 5.32 Å². The van der Waals surface area contributed by atoms with Gasteiger partial charge >= 0.3 is 0 Å². The van der Waals surface area contributed by atoms with Gasteiger partial charge in [-0.15, -0.1) is 0 Å². The first-order chi connectivity index (χ1) is 14.2. The standard InChI is InChI=1S/C24H26N2O3S/c1-17-10-12-21(14-19(17)3)25-24(27)16-26(22-13-11-18(2)20(4)15-22)30(28,29)23-8-6-5-7-9-23/h5-15H,16H2,1-4H3,(H,25,27). The Morgan fingerprint density at radius 1 is 0.800 bits per heavy atom. The van der Waals surface area contributed by atoms with Gasteiger partial charge in [0.25, 0.3) is 10.0 Å². The summed E-state index contributed by atoms with van der Waals surface area (Å²) in [4.78, 5) is 12.9. The average Bonchev–Trinajstić information content (AvgIpc) is 2.72. The molecule has 0 aliphatic carbocycles. The van der Waals surface area contributed by atoms with Gasteiger partial charge in [-0.25, -0.2) is 8.42 Å². The van der Waals surface area contributed by atoms with Crippen LogP contribution < -0.4 is 9.62 Å². The summed E-state index contributed by atoms with van der Waals surface area (Å²) < 4.78 is 27.9. The molecule has 0 aliphatic heterocycles. The van der Waals surface area contributed by atoms with E-state index in [-0.39, 0.29) is 11.4 Å². The van der Waals surface area contributed by atoms with Crippen LogP contribution in [0.25, 0.3) is 0 Å². The predicted molar refractivity (Wildman–Crippen MR) is 121 cm³/mol. The van der Waals surface area contributed by atoms with E-state index in [9.17, 15) is 13.2 Å². The van der Waals surface area contributed by atoms with E-state index >= 15 is 0 Å². The zero-order valence-electron chi connectivity index (χ0n) is 17.6. The molecule has 0 atom stereocenters. The Bertz CT molecular complexity index is 1170. The van der Waals surface area contributed by atoms with E-state index in [1.165, 1.54) is 12.1 Å². The van der Waals surface area contributed by atoms with Crippen molar-refractivity contribution in [2.24, 2.45) is 0 Å². The number of hydrogen-bond donors (Lipinski definition) is 1. The van der Waals surface area contributed by atoms with E-state index in [0.717, 1.165) is 26.6 Å². The first kappa shape index (κ1) is 21.6. The van der Waals surface area contributed by atoms with Gasteiger partial charge in [0.05, 0.1) is 10.6 Å². The maximum absolute atomic E-state index is 13.4. The van der Waals surface area contributed by atoms with Crippen molar-refractivity contribution in [3.63, 3.8) is 0 Å². The van der Waals surface area contributed by atoms with E-state index in [4.69, 9.17) is 0 Å². The fourth-order valence-corrected chi connectivity index (χ4v) is 4.50. The molecule has 0 unspecified atom stereocenters. The number of sulfonamides is 1. The molecule has 0 bridgehead atoms. The summed E-state index contributed by atoms with van der Waals surface area (Å²) in [6.07, 6.45) is 0. The number of aryl methyl sites for hydroxylation is 4. The molecule has 0 heterocycles. The summed E-state index contributed by atoms with van der Waals surface area (Å²) in [7, 11) is -3.91. The third-order valence-corrected chi connectivity index (χ3v) is 6.98. The molecule has 3 aromatic carbocycles. The van der Waals surface area contributed by atoms with Crippen LogP contribution in [-0.2, 0) is 14.8 Å². The van der Waals surface area contributed by atoms with Gasteiger partial charge in [0.15, 0.2) is 0 Å². The summed E-state index contributed by atoms with van der Waals surface area (Å²) in [5.41, 5.74) is 5.27. The number of nitrogens with zero attached hydrogens (tertiary/aromatic N) is 1. The van der Waals surface area contributed by atoms with Gasteiger partial charge < -0.3 is 5.32 Å². The van der Waals surface area contributed by atoms with Crippen LogP contribution in [0.4, 0.5) is 11.4 Å². The number of anilines is 2. The molecule has 0 saturated carbocycles. The highest BCUT2D eigenvalue weighted by atomic mass is 32.2. The Morgan fingerprint density at radius 3 is 2.00 bits per heavy atom. The number of benzene rings is 3. The Morgan fingerprint density at radius 2 is 1.40 bits per heavy atom. The first-order valence-electron chi connectivity index (χ1n) is 9.70. The lowest BCUT2D eigenvalue weighted by Gasteiger charge is -2.25. The van der Waals surface area contributed by atoms with Crippen molar-refractivity contribution in [2.45, 2.75) is 32.6 Å². The van der Waals surface area contributed by atoms with Gasteiger partial charge in [-0.1, -0.05) is 30.3 Å². The number of nitrogens with one attached hydrogen (secondary N) is 1. The maximum atomic E-state index is 13.4. The predicted octanol–water partition coefficient (Wildman–Crippen LogP) is 4.75.